The molecular formula is C23H31FN2. The summed E-state index contributed by atoms with van der Waals surface area (Å²) < 4.78 is 14.4. The molecule has 0 fully saturated rings. The van der Waals surface area contributed by atoms with Gasteiger partial charge >= 0.3 is 0 Å². The molecule has 1 unspecified atom stereocenters. The Bertz CT molecular complexity index is 757. The second-order valence-corrected chi connectivity index (χ2v) is 6.97. The Morgan fingerprint density at radius 1 is 1.38 bits per heavy atom. The summed E-state index contributed by atoms with van der Waals surface area (Å²) in [6, 6.07) is 0. The predicted octanol–water partition coefficient (Wildman–Crippen LogP) is 5.97. The van der Waals surface area contributed by atoms with Gasteiger partial charge in [0, 0.05) is 24.4 Å². The normalized spacial score (nSPS) is 20.8. The van der Waals surface area contributed by atoms with Crippen LogP contribution in [0.5, 0.6) is 0 Å². The third-order valence-corrected chi connectivity index (χ3v) is 4.90. The van der Waals surface area contributed by atoms with Gasteiger partial charge in [0.25, 0.3) is 0 Å². The van der Waals surface area contributed by atoms with E-state index >= 15 is 0 Å². The van der Waals surface area contributed by atoms with E-state index in [1.807, 2.05) is 39.1 Å². The van der Waals surface area contributed by atoms with Crippen molar-refractivity contribution in [2.24, 2.45) is 5.92 Å². The van der Waals surface area contributed by atoms with Crippen LogP contribution in [0.4, 0.5) is 4.39 Å². The van der Waals surface area contributed by atoms with E-state index in [1.54, 1.807) is 0 Å². The number of halogens is 1. The Morgan fingerprint density at radius 3 is 2.62 bits per heavy atom. The van der Waals surface area contributed by atoms with Gasteiger partial charge in [0.15, 0.2) is 0 Å². The molecule has 2 N–H and O–H groups in total. The van der Waals surface area contributed by atoms with Crippen molar-refractivity contribution in [3.05, 3.63) is 82.2 Å². The highest BCUT2D eigenvalue weighted by Crippen LogP contribution is 2.36. The fourth-order valence-electron chi connectivity index (χ4n) is 3.59. The Kier molecular flexibility index (Phi) is 6.84. The molecule has 2 nitrogen and oxygen atoms in total. The Balaban J connectivity index is 2.45. The molecular weight excluding hydrogens is 323 g/mol. The third-order valence-electron chi connectivity index (χ3n) is 4.90. The average molecular weight is 355 g/mol. The maximum Gasteiger partial charge on any atom is 0.120 e. The zero-order valence-corrected chi connectivity index (χ0v) is 16.7. The van der Waals surface area contributed by atoms with Gasteiger partial charge in [-0.15, -0.1) is 0 Å². The summed E-state index contributed by atoms with van der Waals surface area (Å²) in [6.45, 7) is 14.7. The van der Waals surface area contributed by atoms with E-state index in [1.165, 1.54) is 11.1 Å². The monoisotopic (exact) mass is 354 g/mol. The molecule has 0 saturated carbocycles. The second kappa shape index (κ2) is 8.88. The molecule has 0 bridgehead atoms. The van der Waals surface area contributed by atoms with Gasteiger partial charge in [0.2, 0.25) is 0 Å². The van der Waals surface area contributed by atoms with Crippen molar-refractivity contribution in [2.45, 2.75) is 47.5 Å². The molecule has 2 rings (SSSR count). The summed E-state index contributed by atoms with van der Waals surface area (Å²) in [5.74, 6) is -0.413. The van der Waals surface area contributed by atoms with Crippen LogP contribution >= 0.6 is 0 Å². The van der Waals surface area contributed by atoms with Crippen LogP contribution in [-0.2, 0) is 0 Å². The second-order valence-electron chi connectivity index (χ2n) is 6.97. The third kappa shape index (κ3) is 4.66. The molecule has 3 heteroatoms. The number of hydrogen-bond donors (Lipinski definition) is 2. The Hall–Kier alpha value is -2.29. The van der Waals surface area contributed by atoms with E-state index in [9.17, 15) is 4.39 Å². The number of rotatable bonds is 8. The SMILES string of the molecule is C=C(F)/C(=C(C)\C=C(/C)C1=CN1)C(C)C1=C(CCC)/C(=C/C=C\C)CN1. The van der Waals surface area contributed by atoms with Gasteiger partial charge in [-0.2, -0.15) is 0 Å². The van der Waals surface area contributed by atoms with Gasteiger partial charge in [0.05, 0.1) is 5.70 Å². The van der Waals surface area contributed by atoms with Crippen LogP contribution in [0.2, 0.25) is 0 Å². The van der Waals surface area contributed by atoms with E-state index < -0.39 is 0 Å². The highest BCUT2D eigenvalue weighted by Gasteiger charge is 2.27. The molecule has 0 aromatic heterocycles. The van der Waals surface area contributed by atoms with E-state index in [4.69, 9.17) is 0 Å². The van der Waals surface area contributed by atoms with Crippen LogP contribution in [0.25, 0.3) is 0 Å². The standard InChI is InChI=1S/C23H31FN2/c1-7-9-11-19-13-26-23(20(19)10-8-2)17(5)22(18(6)24)16(4)12-15(3)21-14-25-21/h7,9,11-12,14,17,25-26H,6,8,10,13H2,1-5H3/b9-7-,15-12+,19-11+,22-16-. The van der Waals surface area contributed by atoms with Gasteiger partial charge in [-0.05, 0) is 55.1 Å². The minimum atomic E-state index is -0.354. The molecule has 0 saturated heterocycles. The van der Waals surface area contributed by atoms with Crippen LogP contribution in [0, 0.1) is 5.92 Å². The minimum Gasteiger partial charge on any atom is -0.384 e. The topological polar surface area (TPSA) is 34.0 Å². The molecule has 2 aliphatic rings. The number of allylic oxidation sites excluding steroid dienone is 8. The summed E-state index contributed by atoms with van der Waals surface area (Å²) in [7, 11) is 0. The molecule has 0 aromatic carbocycles. The highest BCUT2D eigenvalue weighted by molar-refractivity contribution is 5.50. The lowest BCUT2D eigenvalue weighted by Gasteiger charge is -2.20. The van der Waals surface area contributed by atoms with Gasteiger partial charge < -0.3 is 10.6 Å². The van der Waals surface area contributed by atoms with Crippen molar-refractivity contribution < 1.29 is 4.39 Å². The molecule has 0 aromatic rings. The van der Waals surface area contributed by atoms with E-state index in [0.717, 1.165) is 41.9 Å². The first kappa shape index (κ1) is 20.0. The van der Waals surface area contributed by atoms with Crippen LogP contribution in [0.3, 0.4) is 0 Å². The lowest BCUT2D eigenvalue weighted by molar-refractivity contribution is 0.602. The first-order valence-corrected chi connectivity index (χ1v) is 9.40. The minimum absolute atomic E-state index is 0.0595. The van der Waals surface area contributed by atoms with Gasteiger partial charge in [0.1, 0.15) is 5.83 Å². The highest BCUT2D eigenvalue weighted by atomic mass is 19.1. The van der Waals surface area contributed by atoms with Crippen molar-refractivity contribution in [1.82, 2.24) is 10.6 Å². The molecule has 140 valence electrons. The number of nitrogens with one attached hydrogen (secondary N) is 2. The van der Waals surface area contributed by atoms with Crippen molar-refractivity contribution in [3.63, 3.8) is 0 Å². The summed E-state index contributed by atoms with van der Waals surface area (Å²) in [5.41, 5.74) is 7.57. The maximum atomic E-state index is 14.4. The average Bonchev–Trinajstić information content (AvgIpc) is 3.35. The molecule has 0 aliphatic carbocycles. The molecule has 0 amide bonds. The van der Waals surface area contributed by atoms with Crippen molar-refractivity contribution >= 4 is 0 Å². The van der Waals surface area contributed by atoms with E-state index in [0.29, 0.717) is 5.57 Å². The summed E-state index contributed by atoms with van der Waals surface area (Å²) in [4.78, 5) is 0. The summed E-state index contributed by atoms with van der Waals surface area (Å²) >= 11 is 0. The molecule has 2 aliphatic heterocycles. The van der Waals surface area contributed by atoms with Crippen LogP contribution in [-0.4, -0.2) is 6.54 Å². The molecule has 0 radical (unpaired) electrons. The Morgan fingerprint density at radius 2 is 2.08 bits per heavy atom. The summed E-state index contributed by atoms with van der Waals surface area (Å²) in [5, 5.41) is 6.61. The Labute approximate surface area is 157 Å². The molecule has 2 heterocycles. The predicted molar refractivity (Wildman–Crippen MR) is 110 cm³/mol. The van der Waals surface area contributed by atoms with Crippen LogP contribution in [0.15, 0.2) is 82.2 Å². The van der Waals surface area contributed by atoms with Crippen LogP contribution < -0.4 is 10.6 Å². The van der Waals surface area contributed by atoms with Crippen molar-refractivity contribution in [2.75, 3.05) is 6.54 Å². The quantitative estimate of drug-likeness (QED) is 0.526. The zero-order chi connectivity index (χ0) is 19.3. The smallest absolute Gasteiger partial charge is 0.120 e. The zero-order valence-electron chi connectivity index (χ0n) is 16.7. The van der Waals surface area contributed by atoms with Crippen molar-refractivity contribution in [3.8, 4) is 0 Å². The lowest BCUT2D eigenvalue weighted by Crippen LogP contribution is -2.17. The molecule has 1 atom stereocenters. The number of hydrogen-bond acceptors (Lipinski definition) is 2. The largest absolute Gasteiger partial charge is 0.384 e. The first-order valence-electron chi connectivity index (χ1n) is 9.40. The van der Waals surface area contributed by atoms with Gasteiger partial charge in [-0.3, -0.25) is 0 Å². The van der Waals surface area contributed by atoms with Gasteiger partial charge in [-0.1, -0.05) is 51.2 Å². The van der Waals surface area contributed by atoms with Gasteiger partial charge in [-0.25, -0.2) is 4.39 Å². The van der Waals surface area contributed by atoms with Crippen LogP contribution in [0.1, 0.15) is 47.5 Å². The lowest BCUT2D eigenvalue weighted by atomic mass is 9.88. The molecule has 0 spiro atoms. The first-order chi connectivity index (χ1) is 12.4. The van der Waals surface area contributed by atoms with Crippen molar-refractivity contribution in [1.29, 1.82) is 0 Å². The fourth-order valence-corrected chi connectivity index (χ4v) is 3.59. The van der Waals surface area contributed by atoms with E-state index in [2.05, 4.69) is 43.2 Å². The maximum absolute atomic E-state index is 14.4. The summed E-state index contributed by atoms with van der Waals surface area (Å²) in [6.07, 6.45) is 12.3. The van der Waals surface area contributed by atoms with E-state index in [-0.39, 0.29) is 11.7 Å². The fraction of sp³-hybridized carbons (Fsp3) is 0.391. The molecule has 26 heavy (non-hydrogen) atoms.